The predicted molar refractivity (Wildman–Crippen MR) is 69.8 cm³/mol. The van der Waals surface area contributed by atoms with E-state index >= 15 is 0 Å². The van der Waals surface area contributed by atoms with Gasteiger partial charge in [0.15, 0.2) is 5.82 Å². The largest absolute Gasteiger partial charge is 1.00 e. The maximum absolute atomic E-state index is 12.9. The van der Waals surface area contributed by atoms with Crippen LogP contribution in [0.5, 0.6) is 5.75 Å². The molecule has 0 N–H and O–H groups in total. The molecule has 1 heterocycles. The van der Waals surface area contributed by atoms with Crippen LogP contribution in [0.2, 0.25) is 0 Å². The van der Waals surface area contributed by atoms with Gasteiger partial charge in [0.2, 0.25) is 0 Å². The summed E-state index contributed by atoms with van der Waals surface area (Å²) in [4.78, 5) is 3.99. The number of hydrogen-bond donors (Lipinski definition) is 0. The van der Waals surface area contributed by atoms with Gasteiger partial charge in [-0.1, -0.05) is 30.6 Å². The summed E-state index contributed by atoms with van der Waals surface area (Å²) in [6.45, 7) is -2.50. The van der Waals surface area contributed by atoms with Crippen LogP contribution < -0.4 is 61.6 Å². The summed E-state index contributed by atoms with van der Waals surface area (Å²) in [6.07, 6.45) is 2.23. The Hall–Kier alpha value is -0.349. The Morgan fingerprint density at radius 1 is 1.24 bits per heavy atom. The minimum absolute atomic E-state index is 0. The minimum Gasteiger partial charge on any atom is -0.489 e. The van der Waals surface area contributed by atoms with E-state index in [0.717, 1.165) is 12.5 Å². The number of aryl methyl sites for hydroxylation is 1. The molecule has 0 radical (unpaired) electrons. The van der Waals surface area contributed by atoms with Gasteiger partial charge in [0, 0.05) is 6.54 Å². The molecule has 0 saturated carbocycles. The van der Waals surface area contributed by atoms with Crippen molar-refractivity contribution in [3.05, 3.63) is 36.4 Å². The van der Waals surface area contributed by atoms with E-state index < -0.39 is 12.4 Å². The van der Waals surface area contributed by atoms with Crippen molar-refractivity contribution in [1.29, 1.82) is 0 Å². The number of para-hydroxylation sites is 1. The monoisotopic (exact) mass is 323 g/mol. The van der Waals surface area contributed by atoms with E-state index in [0.29, 0.717) is 12.4 Å². The third-order valence-corrected chi connectivity index (χ3v) is 2.76. The summed E-state index contributed by atoms with van der Waals surface area (Å²) in [5.74, 6) is 0.336. The molecule has 1 aromatic heterocycles. The van der Waals surface area contributed by atoms with Crippen molar-refractivity contribution in [3.63, 3.8) is 0 Å². The number of halogens is 3. The zero-order valence-corrected chi connectivity index (χ0v) is 15.1. The average molecular weight is 323 g/mol. The fourth-order valence-corrected chi connectivity index (χ4v) is 1.82. The molecule has 2 aromatic rings. The van der Waals surface area contributed by atoms with E-state index in [1.54, 1.807) is 4.68 Å². The SMILES string of the molecule is CCCn1ncnc1COc1ccccc1[B-](F)(F)F.[K+]. The van der Waals surface area contributed by atoms with Crippen LogP contribution >= 0.6 is 0 Å². The van der Waals surface area contributed by atoms with Gasteiger partial charge < -0.3 is 17.7 Å². The topological polar surface area (TPSA) is 39.9 Å². The molecule has 4 nitrogen and oxygen atoms in total. The molecular formula is C12H14BF3KN3O. The standard InChI is InChI=1S/C12H14BF3N3O.K/c1-2-7-19-12(17-9-18-19)8-20-11-6-4-3-5-10(11)13(14,15)16;/h3-6,9H,2,7-8H2,1H3;/q-1;+1. The van der Waals surface area contributed by atoms with Crippen molar-refractivity contribution >= 4 is 12.4 Å². The molecular weight excluding hydrogens is 309 g/mol. The molecule has 1 aromatic carbocycles. The van der Waals surface area contributed by atoms with Crippen molar-refractivity contribution in [1.82, 2.24) is 14.8 Å². The van der Waals surface area contributed by atoms with Crippen molar-refractivity contribution in [2.24, 2.45) is 0 Å². The van der Waals surface area contributed by atoms with Crippen LogP contribution in [0.3, 0.4) is 0 Å². The maximum atomic E-state index is 12.9. The number of ether oxygens (including phenoxy) is 1. The Labute approximate surface area is 163 Å². The van der Waals surface area contributed by atoms with Crippen LogP contribution in [-0.2, 0) is 13.2 Å². The third-order valence-electron chi connectivity index (χ3n) is 2.76. The summed E-state index contributed by atoms with van der Waals surface area (Å²) >= 11 is 0. The first-order chi connectivity index (χ1) is 9.52. The first-order valence-electron chi connectivity index (χ1n) is 6.30. The molecule has 0 fully saturated rings. The third kappa shape index (κ3) is 5.10. The fraction of sp³-hybridized carbons (Fsp3) is 0.333. The molecule has 108 valence electrons. The second-order valence-electron chi connectivity index (χ2n) is 4.30. The molecule has 0 atom stereocenters. The van der Waals surface area contributed by atoms with E-state index in [1.807, 2.05) is 6.92 Å². The van der Waals surface area contributed by atoms with E-state index in [1.165, 1.54) is 24.5 Å². The van der Waals surface area contributed by atoms with Gasteiger partial charge in [-0.15, -0.1) is 0 Å². The van der Waals surface area contributed by atoms with Gasteiger partial charge in [-0.05, 0) is 12.5 Å². The summed E-state index contributed by atoms with van der Waals surface area (Å²) in [5.41, 5.74) is -0.728. The van der Waals surface area contributed by atoms with Crippen molar-refractivity contribution < 1.29 is 69.1 Å². The Kier molecular flexibility index (Phi) is 7.42. The van der Waals surface area contributed by atoms with Gasteiger partial charge in [0.05, 0.1) is 5.75 Å². The maximum Gasteiger partial charge on any atom is 1.00 e. The second kappa shape index (κ2) is 8.33. The van der Waals surface area contributed by atoms with Crippen molar-refractivity contribution in [2.75, 3.05) is 0 Å². The molecule has 0 bridgehead atoms. The molecule has 0 saturated heterocycles. The van der Waals surface area contributed by atoms with Gasteiger partial charge in [-0.25, -0.2) is 9.67 Å². The molecule has 2 rings (SSSR count). The smallest absolute Gasteiger partial charge is 0.489 e. The zero-order chi connectivity index (χ0) is 14.6. The number of rotatable bonds is 6. The number of aromatic nitrogens is 3. The molecule has 0 spiro atoms. The fourth-order valence-electron chi connectivity index (χ4n) is 1.82. The van der Waals surface area contributed by atoms with E-state index in [4.69, 9.17) is 4.74 Å². The predicted octanol–water partition coefficient (Wildman–Crippen LogP) is -0.674. The average Bonchev–Trinajstić information content (AvgIpc) is 2.83. The van der Waals surface area contributed by atoms with Crippen LogP contribution in [0.25, 0.3) is 0 Å². The van der Waals surface area contributed by atoms with Crippen LogP contribution in [0.15, 0.2) is 30.6 Å². The van der Waals surface area contributed by atoms with Gasteiger partial charge in [0.25, 0.3) is 0 Å². The Morgan fingerprint density at radius 3 is 2.62 bits per heavy atom. The molecule has 0 aliphatic rings. The molecule has 0 aliphatic carbocycles. The van der Waals surface area contributed by atoms with Crippen LogP contribution in [-0.4, -0.2) is 21.7 Å². The van der Waals surface area contributed by atoms with Gasteiger partial charge >= 0.3 is 58.4 Å². The number of benzene rings is 1. The first kappa shape index (κ1) is 18.7. The Bertz CT molecular complexity index is 577. The van der Waals surface area contributed by atoms with Gasteiger partial charge in [-0.3, -0.25) is 0 Å². The minimum atomic E-state index is -5.09. The molecule has 0 aliphatic heterocycles. The van der Waals surface area contributed by atoms with Crippen LogP contribution in [0.1, 0.15) is 19.2 Å². The van der Waals surface area contributed by atoms with Gasteiger partial charge in [-0.2, -0.15) is 5.10 Å². The van der Waals surface area contributed by atoms with E-state index in [9.17, 15) is 12.9 Å². The normalized spacial score (nSPS) is 11.0. The number of hydrogen-bond acceptors (Lipinski definition) is 3. The van der Waals surface area contributed by atoms with E-state index in [2.05, 4.69) is 10.1 Å². The quantitative estimate of drug-likeness (QED) is 0.662. The van der Waals surface area contributed by atoms with Gasteiger partial charge in [0.1, 0.15) is 12.9 Å². The van der Waals surface area contributed by atoms with E-state index in [-0.39, 0.29) is 63.7 Å². The number of nitrogens with zero attached hydrogens (tertiary/aromatic N) is 3. The van der Waals surface area contributed by atoms with Crippen molar-refractivity contribution in [3.8, 4) is 5.75 Å². The molecule has 0 amide bonds. The van der Waals surface area contributed by atoms with Crippen molar-refractivity contribution in [2.45, 2.75) is 26.5 Å². The Balaban J connectivity index is 0.00000220. The van der Waals surface area contributed by atoms with Crippen LogP contribution in [0.4, 0.5) is 12.9 Å². The zero-order valence-electron chi connectivity index (χ0n) is 12.0. The Morgan fingerprint density at radius 2 is 1.95 bits per heavy atom. The summed E-state index contributed by atoms with van der Waals surface area (Å²) < 4.78 is 45.5. The molecule has 0 unspecified atom stereocenters. The van der Waals surface area contributed by atoms with Crippen LogP contribution in [0, 0.1) is 0 Å². The first-order valence-corrected chi connectivity index (χ1v) is 6.30. The summed E-state index contributed by atoms with van der Waals surface area (Å²) in [7, 11) is 0. The molecule has 9 heteroatoms. The summed E-state index contributed by atoms with van der Waals surface area (Å²) in [5, 5.41) is 4.00. The molecule has 21 heavy (non-hydrogen) atoms. The summed E-state index contributed by atoms with van der Waals surface area (Å²) in [6, 6.07) is 5.19. The second-order valence-corrected chi connectivity index (χ2v) is 4.30.